The van der Waals surface area contributed by atoms with Gasteiger partial charge < -0.3 is 4.74 Å². The van der Waals surface area contributed by atoms with Gasteiger partial charge in [0.15, 0.2) is 6.07 Å². The summed E-state index contributed by atoms with van der Waals surface area (Å²) >= 11 is 0. The third-order valence-corrected chi connectivity index (χ3v) is 6.87. The lowest BCUT2D eigenvalue weighted by Gasteiger charge is -2.53. The minimum atomic E-state index is -0.668. The molecule has 2 saturated heterocycles. The van der Waals surface area contributed by atoms with Crippen LogP contribution in [0.1, 0.15) is 45.4 Å². The SMILES string of the molecule is [C-]#[N+]C(C#N)C1C=C(C)OC(/C=C/C2CC3CCCN4CCCC(C2)C34)=C1. The summed E-state index contributed by atoms with van der Waals surface area (Å²) in [5.74, 6) is 3.73. The van der Waals surface area contributed by atoms with Gasteiger partial charge in [-0.3, -0.25) is 9.74 Å². The van der Waals surface area contributed by atoms with Crippen LogP contribution in [0.15, 0.2) is 35.8 Å². The fourth-order valence-electron chi connectivity index (χ4n) is 5.86. The predicted octanol–water partition coefficient (Wildman–Crippen LogP) is 4.69. The van der Waals surface area contributed by atoms with Crippen LogP contribution < -0.4 is 0 Å². The Morgan fingerprint density at radius 1 is 1.26 bits per heavy atom. The zero-order valence-corrected chi connectivity index (χ0v) is 16.2. The zero-order valence-electron chi connectivity index (χ0n) is 16.2. The van der Waals surface area contributed by atoms with E-state index >= 15 is 0 Å². The Balaban J connectivity index is 1.45. The van der Waals surface area contributed by atoms with E-state index in [4.69, 9.17) is 11.3 Å². The molecule has 0 N–H and O–H groups in total. The van der Waals surface area contributed by atoms with Crippen molar-refractivity contribution in [3.05, 3.63) is 47.2 Å². The highest BCUT2D eigenvalue weighted by atomic mass is 16.5. The number of nitrogens with zero attached hydrogens (tertiary/aromatic N) is 3. The Hall–Kier alpha value is -2.04. The lowest BCUT2D eigenvalue weighted by atomic mass is 9.65. The van der Waals surface area contributed by atoms with E-state index in [-0.39, 0.29) is 5.92 Å². The van der Waals surface area contributed by atoms with Crippen molar-refractivity contribution in [3.63, 3.8) is 0 Å². The van der Waals surface area contributed by atoms with Gasteiger partial charge in [-0.15, -0.1) is 0 Å². The molecule has 4 aliphatic rings. The predicted molar refractivity (Wildman–Crippen MR) is 105 cm³/mol. The normalized spacial score (nSPS) is 37.2. The molecular formula is C23H29N3O. The van der Waals surface area contributed by atoms with Gasteiger partial charge in [-0.1, -0.05) is 6.08 Å². The second-order valence-corrected chi connectivity index (χ2v) is 8.65. The summed E-state index contributed by atoms with van der Waals surface area (Å²) in [7, 11) is 0. The molecule has 4 atom stereocenters. The van der Waals surface area contributed by atoms with Crippen molar-refractivity contribution in [1.29, 1.82) is 5.26 Å². The molecule has 0 spiro atoms. The fourth-order valence-corrected chi connectivity index (χ4v) is 5.86. The van der Waals surface area contributed by atoms with Gasteiger partial charge in [0.2, 0.25) is 0 Å². The highest BCUT2D eigenvalue weighted by molar-refractivity contribution is 5.27. The average Bonchev–Trinajstić information content (AvgIpc) is 2.67. The van der Waals surface area contributed by atoms with Gasteiger partial charge in [-0.05, 0) is 94.5 Å². The van der Waals surface area contributed by atoms with Crippen molar-refractivity contribution in [2.45, 2.75) is 57.5 Å². The molecule has 1 saturated carbocycles. The Kier molecular flexibility index (Phi) is 5.37. The third kappa shape index (κ3) is 3.83. The minimum Gasteiger partial charge on any atom is -0.463 e. The lowest BCUT2D eigenvalue weighted by molar-refractivity contribution is -0.0222. The maximum atomic E-state index is 9.19. The first-order chi connectivity index (χ1) is 13.2. The molecule has 0 aromatic heterocycles. The van der Waals surface area contributed by atoms with Gasteiger partial charge in [-0.2, -0.15) is 5.26 Å². The molecule has 4 nitrogen and oxygen atoms in total. The van der Waals surface area contributed by atoms with E-state index in [0.29, 0.717) is 5.92 Å². The van der Waals surface area contributed by atoms with Crippen molar-refractivity contribution in [2.75, 3.05) is 13.1 Å². The Bertz CT molecular complexity index is 704. The van der Waals surface area contributed by atoms with Crippen molar-refractivity contribution in [1.82, 2.24) is 4.90 Å². The Morgan fingerprint density at radius 3 is 2.59 bits per heavy atom. The van der Waals surface area contributed by atoms with E-state index in [1.54, 1.807) is 0 Å². The maximum absolute atomic E-state index is 9.19. The summed E-state index contributed by atoms with van der Waals surface area (Å²) in [4.78, 5) is 6.22. The first-order valence-corrected chi connectivity index (χ1v) is 10.4. The molecule has 3 heterocycles. The second-order valence-electron chi connectivity index (χ2n) is 8.65. The molecule has 1 aliphatic carbocycles. The van der Waals surface area contributed by atoms with Crippen LogP contribution in [-0.2, 0) is 4.74 Å². The molecule has 4 unspecified atom stereocenters. The van der Waals surface area contributed by atoms with E-state index in [0.717, 1.165) is 29.4 Å². The molecule has 4 rings (SSSR count). The van der Waals surface area contributed by atoms with Gasteiger partial charge >= 0.3 is 6.04 Å². The zero-order chi connectivity index (χ0) is 18.8. The monoisotopic (exact) mass is 363 g/mol. The van der Waals surface area contributed by atoms with Crippen molar-refractivity contribution >= 4 is 0 Å². The molecule has 0 radical (unpaired) electrons. The van der Waals surface area contributed by atoms with Crippen LogP contribution in [0, 0.1) is 41.6 Å². The van der Waals surface area contributed by atoms with Crippen molar-refractivity contribution in [2.24, 2.45) is 23.7 Å². The summed E-state index contributed by atoms with van der Waals surface area (Å²) in [6.07, 6.45) is 16.3. The summed E-state index contributed by atoms with van der Waals surface area (Å²) in [5, 5.41) is 9.19. The number of rotatable bonds is 3. The topological polar surface area (TPSA) is 40.6 Å². The molecule has 142 valence electrons. The van der Waals surface area contributed by atoms with Gasteiger partial charge in [0.1, 0.15) is 5.76 Å². The van der Waals surface area contributed by atoms with Crippen LogP contribution in [-0.4, -0.2) is 30.1 Å². The fraction of sp³-hybridized carbons (Fsp3) is 0.652. The number of hydrogen-bond donors (Lipinski definition) is 0. The smallest absolute Gasteiger partial charge is 0.316 e. The van der Waals surface area contributed by atoms with E-state index in [1.807, 2.05) is 19.1 Å². The van der Waals surface area contributed by atoms with Crippen molar-refractivity contribution < 1.29 is 4.74 Å². The largest absolute Gasteiger partial charge is 0.463 e. The van der Waals surface area contributed by atoms with Gasteiger partial charge in [0.05, 0.1) is 11.7 Å². The molecule has 0 bridgehead atoms. The number of piperidine rings is 2. The van der Waals surface area contributed by atoms with Gasteiger partial charge in [-0.25, -0.2) is 6.57 Å². The van der Waals surface area contributed by atoms with E-state index in [9.17, 15) is 5.26 Å². The minimum absolute atomic E-state index is 0.179. The number of hydrogen-bond acceptors (Lipinski definition) is 3. The maximum Gasteiger partial charge on any atom is 0.316 e. The van der Waals surface area contributed by atoms with E-state index in [2.05, 4.69) is 28.0 Å². The first-order valence-electron chi connectivity index (χ1n) is 10.4. The van der Waals surface area contributed by atoms with Crippen LogP contribution in [0.25, 0.3) is 4.85 Å². The summed E-state index contributed by atoms with van der Waals surface area (Å²) < 4.78 is 5.85. The van der Waals surface area contributed by atoms with Crippen LogP contribution in [0.5, 0.6) is 0 Å². The molecule has 0 aromatic carbocycles. The number of nitriles is 1. The molecule has 4 heteroatoms. The molecule has 3 aliphatic heterocycles. The lowest BCUT2D eigenvalue weighted by Crippen LogP contribution is -2.55. The molecule has 3 fully saturated rings. The van der Waals surface area contributed by atoms with Crippen LogP contribution in [0.2, 0.25) is 0 Å². The Morgan fingerprint density at radius 2 is 1.96 bits per heavy atom. The first kappa shape index (κ1) is 18.3. The number of ether oxygens (including phenoxy) is 1. The number of allylic oxidation sites excluding steroid dienone is 3. The standard InChI is InChI=1S/C23H29N3O/c1-16-11-20(22(15-24)25-2)14-21(27-16)8-7-17-12-18-5-3-9-26-10-4-6-19(13-17)23(18)26/h7-8,11,14,17-20,22-23H,3-6,9-10,12-13H2,1H3/b8-7+. The third-order valence-electron chi connectivity index (χ3n) is 6.87. The van der Waals surface area contributed by atoms with E-state index in [1.165, 1.54) is 51.6 Å². The van der Waals surface area contributed by atoms with Crippen LogP contribution in [0.4, 0.5) is 0 Å². The second kappa shape index (κ2) is 7.91. The molecule has 0 amide bonds. The quantitative estimate of drug-likeness (QED) is 0.683. The van der Waals surface area contributed by atoms with Gasteiger partial charge in [0.25, 0.3) is 0 Å². The summed E-state index contributed by atoms with van der Waals surface area (Å²) in [6.45, 7) is 11.7. The highest BCUT2D eigenvalue weighted by Gasteiger charge is 2.43. The Labute approximate surface area is 163 Å². The average molecular weight is 364 g/mol. The van der Waals surface area contributed by atoms with E-state index < -0.39 is 6.04 Å². The highest BCUT2D eigenvalue weighted by Crippen LogP contribution is 2.45. The molecule has 27 heavy (non-hydrogen) atoms. The van der Waals surface area contributed by atoms with Crippen molar-refractivity contribution in [3.8, 4) is 6.07 Å². The molecular weight excluding hydrogens is 334 g/mol. The summed E-state index contributed by atoms with van der Waals surface area (Å²) in [5.41, 5.74) is 0. The molecule has 0 aromatic rings. The van der Waals surface area contributed by atoms with Crippen LogP contribution in [0.3, 0.4) is 0 Å². The van der Waals surface area contributed by atoms with Gasteiger partial charge in [0, 0.05) is 6.04 Å². The summed E-state index contributed by atoms with van der Waals surface area (Å²) in [6, 6.07) is 2.27. The van der Waals surface area contributed by atoms with Crippen LogP contribution >= 0.6 is 0 Å².